The summed E-state index contributed by atoms with van der Waals surface area (Å²) in [5, 5.41) is 22.1. The summed E-state index contributed by atoms with van der Waals surface area (Å²) < 4.78 is 1.61. The molecule has 0 saturated heterocycles. The molecule has 0 fully saturated rings. The van der Waals surface area contributed by atoms with Crippen molar-refractivity contribution in [3.05, 3.63) is 41.2 Å². The molecule has 1 amide bonds. The number of aromatic nitrogens is 2. The van der Waals surface area contributed by atoms with Gasteiger partial charge in [0.2, 0.25) is 0 Å². The van der Waals surface area contributed by atoms with E-state index in [-0.39, 0.29) is 17.0 Å². The van der Waals surface area contributed by atoms with Gasteiger partial charge in [-0.05, 0) is 18.2 Å². The molecule has 3 aromatic rings. The van der Waals surface area contributed by atoms with E-state index in [1.165, 1.54) is 6.20 Å². The summed E-state index contributed by atoms with van der Waals surface area (Å²) in [5.41, 5.74) is 0.725. The van der Waals surface area contributed by atoms with E-state index in [2.05, 4.69) is 10.3 Å². The second-order valence-corrected chi connectivity index (χ2v) is 5.02. The predicted octanol–water partition coefficient (Wildman–Crippen LogP) is 1.66. The molecule has 0 aliphatic rings. The quantitative estimate of drug-likeness (QED) is 0.681. The third-order valence-electron chi connectivity index (χ3n) is 3.20. The normalized spacial score (nSPS) is 11.0. The Bertz CT molecular complexity index is 919. The maximum atomic E-state index is 12.2. The first-order valence-electron chi connectivity index (χ1n) is 6.26. The van der Waals surface area contributed by atoms with Crippen LogP contribution in [0.2, 0.25) is 5.02 Å². The molecule has 0 radical (unpaired) electrons. The zero-order valence-corrected chi connectivity index (χ0v) is 11.8. The van der Waals surface area contributed by atoms with E-state index >= 15 is 0 Å². The summed E-state index contributed by atoms with van der Waals surface area (Å²) in [4.78, 5) is 26.8. The summed E-state index contributed by atoms with van der Waals surface area (Å²) in [6.45, 7) is -0.552. The van der Waals surface area contributed by atoms with E-state index in [1.54, 1.807) is 28.8 Å². The number of carbonyl (C=O) groups excluding carboxylic acids is 1. The lowest BCUT2D eigenvalue weighted by atomic mass is 10.1. The molecule has 1 aromatic carbocycles. The summed E-state index contributed by atoms with van der Waals surface area (Å²) in [5.74, 6) is -2.17. The number of rotatable bonds is 3. The minimum atomic E-state index is -1.18. The number of hydrogen-bond acceptors (Lipinski definition) is 4. The van der Waals surface area contributed by atoms with Crippen LogP contribution in [0.25, 0.3) is 16.6 Å². The highest BCUT2D eigenvalue weighted by molar-refractivity contribution is 6.31. The molecule has 2 aromatic heterocycles. The van der Waals surface area contributed by atoms with Crippen molar-refractivity contribution >= 4 is 40.0 Å². The first kappa shape index (κ1) is 14.2. The summed E-state index contributed by atoms with van der Waals surface area (Å²) in [6.07, 6.45) is 3.10. The fraction of sp³-hybridized carbons (Fsp3) is 0.0714. The molecule has 0 unspecified atom stereocenters. The van der Waals surface area contributed by atoms with Crippen molar-refractivity contribution in [3.8, 4) is 5.75 Å². The number of carboxylic acids is 1. The van der Waals surface area contributed by atoms with Gasteiger partial charge in [0.25, 0.3) is 5.91 Å². The molecule has 22 heavy (non-hydrogen) atoms. The molecule has 7 nitrogen and oxygen atoms in total. The van der Waals surface area contributed by atoms with Crippen molar-refractivity contribution in [1.29, 1.82) is 0 Å². The largest absolute Gasteiger partial charge is 0.506 e. The Morgan fingerprint density at radius 2 is 2.14 bits per heavy atom. The standard InChI is InChI=1S/C14H10ClN3O4/c15-7-1-2-8-9(5-7)18-4-3-16-13(18)11(12(8)21)14(22)17-6-10(19)20/h1-5,21H,6H2,(H,17,22)(H,19,20). The van der Waals surface area contributed by atoms with Gasteiger partial charge in [0.1, 0.15) is 17.9 Å². The number of aromatic hydroxyl groups is 1. The molecule has 3 N–H and O–H groups in total. The Kier molecular flexibility index (Phi) is 3.34. The van der Waals surface area contributed by atoms with Crippen molar-refractivity contribution in [2.45, 2.75) is 0 Å². The van der Waals surface area contributed by atoms with Gasteiger partial charge in [0.15, 0.2) is 5.65 Å². The number of pyridine rings is 1. The first-order chi connectivity index (χ1) is 10.5. The number of nitrogens with zero attached hydrogens (tertiary/aromatic N) is 2. The van der Waals surface area contributed by atoms with Crippen LogP contribution in [-0.2, 0) is 4.79 Å². The van der Waals surface area contributed by atoms with Crippen LogP contribution in [0, 0.1) is 0 Å². The summed E-state index contributed by atoms with van der Waals surface area (Å²) >= 11 is 5.97. The molecule has 0 aliphatic heterocycles. The summed E-state index contributed by atoms with van der Waals surface area (Å²) in [7, 11) is 0. The minimum Gasteiger partial charge on any atom is -0.506 e. The number of benzene rings is 1. The van der Waals surface area contributed by atoms with E-state index in [0.717, 1.165) is 0 Å². The lowest BCUT2D eigenvalue weighted by Crippen LogP contribution is -2.29. The van der Waals surface area contributed by atoms with Crippen molar-refractivity contribution in [2.24, 2.45) is 0 Å². The van der Waals surface area contributed by atoms with Crippen LogP contribution in [0.1, 0.15) is 10.4 Å². The molecule has 3 rings (SSSR count). The highest BCUT2D eigenvalue weighted by Crippen LogP contribution is 2.33. The van der Waals surface area contributed by atoms with Gasteiger partial charge in [-0.1, -0.05) is 11.6 Å². The number of fused-ring (bicyclic) bond motifs is 3. The second kappa shape index (κ2) is 5.19. The highest BCUT2D eigenvalue weighted by Gasteiger charge is 2.21. The van der Waals surface area contributed by atoms with E-state index < -0.39 is 18.4 Å². The van der Waals surface area contributed by atoms with E-state index in [1.807, 2.05) is 0 Å². The molecule has 0 spiro atoms. The van der Waals surface area contributed by atoms with Crippen molar-refractivity contribution < 1.29 is 19.8 Å². The number of halogens is 1. The van der Waals surface area contributed by atoms with Crippen LogP contribution in [-0.4, -0.2) is 38.0 Å². The topological polar surface area (TPSA) is 104 Å². The number of nitrogens with one attached hydrogen (secondary N) is 1. The molecule has 112 valence electrons. The van der Waals surface area contributed by atoms with Crippen LogP contribution in [0.3, 0.4) is 0 Å². The molecular weight excluding hydrogens is 310 g/mol. The predicted molar refractivity (Wildman–Crippen MR) is 79.3 cm³/mol. The van der Waals surface area contributed by atoms with Crippen LogP contribution in [0.4, 0.5) is 0 Å². The Hall–Kier alpha value is -2.80. The molecule has 0 atom stereocenters. The lowest BCUT2D eigenvalue weighted by Gasteiger charge is -2.11. The highest BCUT2D eigenvalue weighted by atomic mass is 35.5. The van der Waals surface area contributed by atoms with E-state index in [0.29, 0.717) is 15.9 Å². The van der Waals surface area contributed by atoms with Gasteiger partial charge in [0.05, 0.1) is 5.52 Å². The number of aliphatic carboxylic acids is 1. The van der Waals surface area contributed by atoms with Crippen molar-refractivity contribution in [3.63, 3.8) is 0 Å². The summed E-state index contributed by atoms with van der Waals surface area (Å²) in [6, 6.07) is 4.82. The Balaban J connectivity index is 2.26. The number of hydrogen-bond donors (Lipinski definition) is 3. The number of carbonyl (C=O) groups is 2. The van der Waals surface area contributed by atoms with Gasteiger partial charge in [0, 0.05) is 22.8 Å². The number of amides is 1. The van der Waals surface area contributed by atoms with E-state index in [4.69, 9.17) is 16.7 Å². The molecule has 8 heteroatoms. The van der Waals surface area contributed by atoms with Gasteiger partial charge in [-0.15, -0.1) is 0 Å². The van der Waals surface area contributed by atoms with Gasteiger partial charge >= 0.3 is 5.97 Å². The average Bonchev–Trinajstić information content (AvgIpc) is 2.94. The third-order valence-corrected chi connectivity index (χ3v) is 3.44. The van der Waals surface area contributed by atoms with E-state index in [9.17, 15) is 14.7 Å². The molecule has 2 heterocycles. The van der Waals surface area contributed by atoms with Crippen LogP contribution in [0.5, 0.6) is 5.75 Å². The monoisotopic (exact) mass is 319 g/mol. The fourth-order valence-corrected chi connectivity index (χ4v) is 2.45. The first-order valence-corrected chi connectivity index (χ1v) is 6.64. The van der Waals surface area contributed by atoms with Gasteiger partial charge < -0.3 is 15.5 Å². The molecule has 0 bridgehead atoms. The van der Waals surface area contributed by atoms with Crippen LogP contribution < -0.4 is 5.32 Å². The zero-order valence-electron chi connectivity index (χ0n) is 11.1. The number of carboxylic acid groups (broad SMARTS) is 1. The van der Waals surface area contributed by atoms with Crippen molar-refractivity contribution in [2.75, 3.05) is 6.54 Å². The Labute approximate surface area is 128 Å². The molecular formula is C14H10ClN3O4. The number of imidazole rings is 1. The average molecular weight is 320 g/mol. The minimum absolute atomic E-state index is 0.0823. The maximum Gasteiger partial charge on any atom is 0.322 e. The van der Waals surface area contributed by atoms with Crippen molar-refractivity contribution in [1.82, 2.24) is 14.7 Å². The zero-order chi connectivity index (χ0) is 15.9. The SMILES string of the molecule is O=C(O)CNC(=O)c1c(O)c2ccc(Cl)cc2n2ccnc12. The fourth-order valence-electron chi connectivity index (χ4n) is 2.28. The van der Waals surface area contributed by atoms with Gasteiger partial charge in [-0.25, -0.2) is 4.98 Å². The lowest BCUT2D eigenvalue weighted by molar-refractivity contribution is -0.135. The molecule has 0 saturated carbocycles. The van der Waals surface area contributed by atoms with Gasteiger partial charge in [-0.2, -0.15) is 0 Å². The molecule has 0 aliphatic carbocycles. The third kappa shape index (κ3) is 2.21. The van der Waals surface area contributed by atoms with Crippen LogP contribution in [0.15, 0.2) is 30.6 Å². The Morgan fingerprint density at radius 3 is 2.86 bits per heavy atom. The Morgan fingerprint density at radius 1 is 1.36 bits per heavy atom. The smallest absolute Gasteiger partial charge is 0.322 e. The second-order valence-electron chi connectivity index (χ2n) is 4.58. The van der Waals surface area contributed by atoms with Gasteiger partial charge in [-0.3, -0.25) is 14.0 Å². The maximum absolute atomic E-state index is 12.2. The van der Waals surface area contributed by atoms with Crippen LogP contribution >= 0.6 is 11.6 Å².